The third-order valence-electron chi connectivity index (χ3n) is 2.71. The lowest BCUT2D eigenvalue weighted by Gasteiger charge is -2.11. The molecule has 0 saturated heterocycles. The molecule has 0 amide bonds. The first-order chi connectivity index (χ1) is 8.63. The third-order valence-corrected chi connectivity index (χ3v) is 2.71. The summed E-state index contributed by atoms with van der Waals surface area (Å²) in [6.07, 6.45) is 0.0660. The van der Waals surface area contributed by atoms with Crippen molar-refractivity contribution in [2.45, 2.75) is 18.9 Å². The summed E-state index contributed by atoms with van der Waals surface area (Å²) in [5.74, 6) is -1.23. The van der Waals surface area contributed by atoms with E-state index < -0.39 is 17.7 Å². The number of benzene rings is 2. The van der Waals surface area contributed by atoms with Crippen LogP contribution in [0.3, 0.4) is 0 Å². The van der Waals surface area contributed by atoms with Gasteiger partial charge in [-0.25, -0.2) is 8.78 Å². The SMILES string of the molecule is OC(Cc1ccccc1)Cc1cc(F)cc(F)c1. The summed E-state index contributed by atoms with van der Waals surface area (Å²) in [5.41, 5.74) is 1.47. The second kappa shape index (κ2) is 5.74. The molecule has 3 heteroatoms. The summed E-state index contributed by atoms with van der Waals surface area (Å²) in [7, 11) is 0. The molecule has 0 aliphatic carbocycles. The van der Waals surface area contributed by atoms with Gasteiger partial charge < -0.3 is 5.11 Å². The van der Waals surface area contributed by atoms with Crippen LogP contribution in [0.15, 0.2) is 48.5 Å². The lowest BCUT2D eigenvalue weighted by atomic mass is 10.0. The lowest BCUT2D eigenvalue weighted by molar-refractivity contribution is 0.175. The minimum Gasteiger partial charge on any atom is -0.392 e. The zero-order valence-corrected chi connectivity index (χ0v) is 9.81. The van der Waals surface area contributed by atoms with E-state index in [1.807, 2.05) is 30.3 Å². The van der Waals surface area contributed by atoms with E-state index in [2.05, 4.69) is 0 Å². The minimum absolute atomic E-state index is 0.240. The van der Waals surface area contributed by atoms with Gasteiger partial charge in [0.25, 0.3) is 0 Å². The molecule has 18 heavy (non-hydrogen) atoms. The van der Waals surface area contributed by atoms with Crippen molar-refractivity contribution in [2.24, 2.45) is 0 Å². The fourth-order valence-corrected chi connectivity index (χ4v) is 1.96. The predicted octanol–water partition coefficient (Wildman–Crippen LogP) is 3.11. The summed E-state index contributed by atoms with van der Waals surface area (Å²) >= 11 is 0. The molecule has 0 aliphatic rings. The van der Waals surface area contributed by atoms with E-state index in [0.717, 1.165) is 11.6 Å². The summed E-state index contributed by atoms with van der Waals surface area (Å²) < 4.78 is 26.0. The largest absolute Gasteiger partial charge is 0.392 e. The van der Waals surface area contributed by atoms with Crippen LogP contribution in [0.25, 0.3) is 0 Å². The number of hydrogen-bond donors (Lipinski definition) is 1. The zero-order valence-electron chi connectivity index (χ0n) is 9.81. The van der Waals surface area contributed by atoms with Gasteiger partial charge in [-0.15, -0.1) is 0 Å². The highest BCUT2D eigenvalue weighted by molar-refractivity contribution is 5.20. The van der Waals surface area contributed by atoms with Gasteiger partial charge in [0.15, 0.2) is 0 Å². The Hall–Kier alpha value is -1.74. The van der Waals surface area contributed by atoms with E-state index in [-0.39, 0.29) is 6.42 Å². The normalized spacial score (nSPS) is 12.4. The first-order valence-corrected chi connectivity index (χ1v) is 5.80. The van der Waals surface area contributed by atoms with E-state index in [1.54, 1.807) is 0 Å². The molecule has 0 bridgehead atoms. The standard InChI is InChI=1S/C15H14F2O/c16-13-6-12(7-14(17)10-13)9-15(18)8-11-4-2-1-3-5-11/h1-7,10,15,18H,8-9H2. The monoisotopic (exact) mass is 248 g/mol. The van der Waals surface area contributed by atoms with Gasteiger partial charge >= 0.3 is 0 Å². The molecule has 1 nitrogen and oxygen atoms in total. The third kappa shape index (κ3) is 3.64. The average molecular weight is 248 g/mol. The Morgan fingerprint density at radius 3 is 2.00 bits per heavy atom. The van der Waals surface area contributed by atoms with E-state index in [9.17, 15) is 13.9 Å². The molecule has 0 heterocycles. The summed E-state index contributed by atoms with van der Waals surface area (Å²) in [6, 6.07) is 12.8. The molecule has 0 saturated carbocycles. The molecule has 1 unspecified atom stereocenters. The lowest BCUT2D eigenvalue weighted by Crippen LogP contribution is -2.14. The van der Waals surface area contributed by atoms with E-state index in [0.29, 0.717) is 12.0 Å². The average Bonchev–Trinajstić information content (AvgIpc) is 2.28. The van der Waals surface area contributed by atoms with E-state index >= 15 is 0 Å². The molecular weight excluding hydrogens is 234 g/mol. The van der Waals surface area contributed by atoms with Gasteiger partial charge in [0.1, 0.15) is 11.6 Å². The Balaban J connectivity index is 2.01. The van der Waals surface area contributed by atoms with Crippen molar-refractivity contribution in [3.63, 3.8) is 0 Å². The molecule has 2 aromatic carbocycles. The molecule has 94 valence electrons. The smallest absolute Gasteiger partial charge is 0.126 e. The highest BCUT2D eigenvalue weighted by Gasteiger charge is 2.08. The molecule has 2 rings (SSSR count). The molecule has 2 aromatic rings. The second-order valence-corrected chi connectivity index (χ2v) is 4.33. The van der Waals surface area contributed by atoms with Gasteiger partial charge in [-0.3, -0.25) is 0 Å². The number of hydrogen-bond acceptors (Lipinski definition) is 1. The van der Waals surface area contributed by atoms with Crippen LogP contribution < -0.4 is 0 Å². The highest BCUT2D eigenvalue weighted by Crippen LogP contribution is 2.12. The van der Waals surface area contributed by atoms with Gasteiger partial charge in [-0.2, -0.15) is 0 Å². The first-order valence-electron chi connectivity index (χ1n) is 5.80. The molecule has 0 aliphatic heterocycles. The predicted molar refractivity (Wildman–Crippen MR) is 66.2 cm³/mol. The van der Waals surface area contributed by atoms with Crippen molar-refractivity contribution in [1.82, 2.24) is 0 Å². The Morgan fingerprint density at radius 2 is 1.39 bits per heavy atom. The first kappa shape index (κ1) is 12.7. The molecule has 0 fully saturated rings. The maximum atomic E-state index is 13.0. The summed E-state index contributed by atoms with van der Waals surface area (Å²) in [5, 5.41) is 9.89. The van der Waals surface area contributed by atoms with Crippen LogP contribution in [0.5, 0.6) is 0 Å². The van der Waals surface area contributed by atoms with Crippen molar-refractivity contribution in [1.29, 1.82) is 0 Å². The van der Waals surface area contributed by atoms with Crippen molar-refractivity contribution >= 4 is 0 Å². The molecule has 1 N–H and O–H groups in total. The van der Waals surface area contributed by atoms with Gasteiger partial charge in [0.2, 0.25) is 0 Å². The minimum atomic E-state index is -0.645. The Morgan fingerprint density at radius 1 is 0.833 bits per heavy atom. The Bertz CT molecular complexity index is 491. The molecule has 0 radical (unpaired) electrons. The van der Waals surface area contributed by atoms with E-state index in [4.69, 9.17) is 0 Å². The molecule has 0 spiro atoms. The fraction of sp³-hybridized carbons (Fsp3) is 0.200. The van der Waals surface area contributed by atoms with Gasteiger partial charge in [0.05, 0.1) is 6.10 Å². The fourth-order valence-electron chi connectivity index (χ4n) is 1.96. The van der Waals surface area contributed by atoms with Crippen molar-refractivity contribution in [2.75, 3.05) is 0 Å². The molecular formula is C15H14F2O. The van der Waals surface area contributed by atoms with Crippen LogP contribution >= 0.6 is 0 Å². The topological polar surface area (TPSA) is 20.2 Å². The number of halogens is 2. The van der Waals surface area contributed by atoms with Crippen LogP contribution in [0.2, 0.25) is 0 Å². The molecule has 0 aromatic heterocycles. The quantitative estimate of drug-likeness (QED) is 0.881. The number of aliphatic hydroxyl groups excluding tert-OH is 1. The van der Waals surface area contributed by atoms with Crippen LogP contribution in [-0.2, 0) is 12.8 Å². The Kier molecular flexibility index (Phi) is 4.05. The zero-order chi connectivity index (χ0) is 13.0. The molecule has 1 atom stereocenters. The van der Waals surface area contributed by atoms with Gasteiger partial charge in [-0.1, -0.05) is 30.3 Å². The number of rotatable bonds is 4. The number of aliphatic hydroxyl groups is 1. The Labute approximate surface area is 105 Å². The van der Waals surface area contributed by atoms with Gasteiger partial charge in [0, 0.05) is 6.07 Å². The maximum absolute atomic E-state index is 13.0. The van der Waals surface area contributed by atoms with Crippen LogP contribution in [-0.4, -0.2) is 11.2 Å². The summed E-state index contributed by atoms with van der Waals surface area (Å²) in [4.78, 5) is 0. The van der Waals surface area contributed by atoms with Crippen molar-refractivity contribution in [3.05, 3.63) is 71.3 Å². The van der Waals surface area contributed by atoms with Crippen molar-refractivity contribution < 1.29 is 13.9 Å². The van der Waals surface area contributed by atoms with Crippen molar-refractivity contribution in [3.8, 4) is 0 Å². The van der Waals surface area contributed by atoms with E-state index in [1.165, 1.54) is 12.1 Å². The van der Waals surface area contributed by atoms with Crippen LogP contribution in [0, 0.1) is 11.6 Å². The highest BCUT2D eigenvalue weighted by atomic mass is 19.1. The summed E-state index contributed by atoms with van der Waals surface area (Å²) in [6.45, 7) is 0. The van der Waals surface area contributed by atoms with Crippen LogP contribution in [0.4, 0.5) is 8.78 Å². The second-order valence-electron chi connectivity index (χ2n) is 4.33. The van der Waals surface area contributed by atoms with Gasteiger partial charge in [-0.05, 0) is 36.1 Å². The maximum Gasteiger partial charge on any atom is 0.126 e. The van der Waals surface area contributed by atoms with Crippen LogP contribution in [0.1, 0.15) is 11.1 Å².